The third-order valence-electron chi connectivity index (χ3n) is 11.4. The molecule has 0 bridgehead atoms. The molecular formula is C50H31N2O2+. The van der Waals surface area contributed by atoms with E-state index in [2.05, 4.69) is 179 Å². The fraction of sp³-hybridized carbons (Fsp3) is 0.0200. The van der Waals surface area contributed by atoms with Gasteiger partial charge in [0.2, 0.25) is 11.2 Å². The Hall–Kier alpha value is -7.17. The number of nitrogens with zero attached hydrogens (tertiary/aromatic N) is 2. The molecule has 54 heavy (non-hydrogen) atoms. The number of furan rings is 2. The third-order valence-corrected chi connectivity index (χ3v) is 11.4. The zero-order chi connectivity index (χ0) is 35.3. The highest BCUT2D eigenvalue weighted by molar-refractivity contribution is 6.27. The molecule has 252 valence electrons. The number of benzene rings is 8. The molecule has 0 radical (unpaired) electrons. The maximum Gasteiger partial charge on any atom is 0.218 e. The van der Waals surface area contributed by atoms with Gasteiger partial charge in [0, 0.05) is 68.1 Å². The van der Waals surface area contributed by atoms with E-state index in [1.165, 1.54) is 38.8 Å². The van der Waals surface area contributed by atoms with Gasteiger partial charge in [-0.25, -0.2) is 0 Å². The van der Waals surface area contributed by atoms with Crippen LogP contribution >= 0.6 is 0 Å². The van der Waals surface area contributed by atoms with Crippen molar-refractivity contribution in [2.75, 3.05) is 4.90 Å². The lowest BCUT2D eigenvalue weighted by molar-refractivity contribution is -0.569. The molecule has 12 rings (SSSR count). The van der Waals surface area contributed by atoms with Gasteiger partial charge in [-0.2, -0.15) is 4.57 Å². The number of aromatic nitrogens is 1. The summed E-state index contributed by atoms with van der Waals surface area (Å²) in [5.74, 6) is 0.132. The Bertz CT molecular complexity index is 3290. The molecule has 1 unspecified atom stereocenters. The predicted octanol–water partition coefficient (Wildman–Crippen LogP) is 13.0. The molecule has 1 aliphatic heterocycles. The minimum Gasteiger partial charge on any atom is -0.456 e. The molecule has 0 fully saturated rings. The Labute approximate surface area is 310 Å². The second-order valence-corrected chi connectivity index (χ2v) is 14.3. The zero-order valence-corrected chi connectivity index (χ0v) is 29.1. The summed E-state index contributed by atoms with van der Waals surface area (Å²) in [7, 11) is 0. The molecule has 4 nitrogen and oxygen atoms in total. The largest absolute Gasteiger partial charge is 0.456 e. The van der Waals surface area contributed by atoms with Crippen LogP contribution in [-0.4, -0.2) is 0 Å². The zero-order valence-electron chi connectivity index (χ0n) is 29.1. The second-order valence-electron chi connectivity index (χ2n) is 14.3. The second kappa shape index (κ2) is 11.2. The van der Waals surface area contributed by atoms with Gasteiger partial charge in [0.15, 0.2) is 5.69 Å². The molecule has 4 heterocycles. The lowest BCUT2D eigenvalue weighted by Gasteiger charge is -2.25. The van der Waals surface area contributed by atoms with Crippen LogP contribution < -0.4 is 9.47 Å². The number of para-hydroxylation sites is 3. The monoisotopic (exact) mass is 691 g/mol. The summed E-state index contributed by atoms with van der Waals surface area (Å²) in [6.07, 6.45) is 0. The predicted molar refractivity (Wildman–Crippen MR) is 220 cm³/mol. The fourth-order valence-electron chi connectivity index (χ4n) is 9.04. The summed E-state index contributed by atoms with van der Waals surface area (Å²) >= 11 is 0. The topological polar surface area (TPSA) is 33.4 Å². The maximum absolute atomic E-state index is 6.68. The van der Waals surface area contributed by atoms with Gasteiger partial charge in [-0.15, -0.1) is 0 Å². The molecule has 0 saturated carbocycles. The van der Waals surface area contributed by atoms with Crippen molar-refractivity contribution in [3.05, 3.63) is 199 Å². The average Bonchev–Trinajstić information content (AvgIpc) is 3.91. The van der Waals surface area contributed by atoms with Crippen molar-refractivity contribution in [2.45, 2.75) is 5.92 Å². The molecule has 1 atom stereocenters. The van der Waals surface area contributed by atoms with Gasteiger partial charge in [0.25, 0.3) is 0 Å². The summed E-state index contributed by atoms with van der Waals surface area (Å²) in [4.78, 5) is 2.34. The fourth-order valence-corrected chi connectivity index (χ4v) is 9.04. The molecule has 0 aliphatic carbocycles. The van der Waals surface area contributed by atoms with E-state index in [1.807, 2.05) is 12.1 Å². The molecule has 4 heteroatoms. The lowest BCUT2D eigenvalue weighted by Crippen LogP contribution is -2.33. The number of pyridine rings is 1. The van der Waals surface area contributed by atoms with Crippen LogP contribution in [0, 0.1) is 0 Å². The smallest absolute Gasteiger partial charge is 0.218 e. The quantitative estimate of drug-likeness (QED) is 0.172. The molecule has 0 spiro atoms. The van der Waals surface area contributed by atoms with Gasteiger partial charge in [-0.05, 0) is 95.2 Å². The number of hydrogen-bond donors (Lipinski definition) is 0. The summed E-state index contributed by atoms with van der Waals surface area (Å²) in [5, 5.41) is 8.03. The third kappa shape index (κ3) is 4.16. The van der Waals surface area contributed by atoms with Gasteiger partial charge in [0.1, 0.15) is 28.2 Å². The minimum atomic E-state index is 0.132. The highest BCUT2D eigenvalue weighted by Crippen LogP contribution is 2.45. The van der Waals surface area contributed by atoms with Gasteiger partial charge >= 0.3 is 0 Å². The first-order valence-electron chi connectivity index (χ1n) is 18.5. The summed E-state index contributed by atoms with van der Waals surface area (Å²) in [5.41, 5.74) is 13.0. The average molecular weight is 692 g/mol. The van der Waals surface area contributed by atoms with Gasteiger partial charge in [-0.3, -0.25) is 0 Å². The van der Waals surface area contributed by atoms with Crippen LogP contribution in [0.3, 0.4) is 0 Å². The molecule has 0 amide bonds. The van der Waals surface area contributed by atoms with Crippen molar-refractivity contribution >= 4 is 82.6 Å². The molecule has 0 N–H and O–H groups in total. The summed E-state index contributed by atoms with van der Waals surface area (Å²) in [6.45, 7) is 0. The summed E-state index contributed by atoms with van der Waals surface area (Å²) in [6, 6.07) is 65.1. The Kier molecular flexibility index (Phi) is 6.08. The summed E-state index contributed by atoms with van der Waals surface area (Å²) < 4.78 is 15.4. The van der Waals surface area contributed by atoms with Crippen LogP contribution in [0.2, 0.25) is 0 Å². The van der Waals surface area contributed by atoms with Crippen molar-refractivity contribution in [3.63, 3.8) is 0 Å². The molecule has 3 aromatic heterocycles. The maximum atomic E-state index is 6.68. The van der Waals surface area contributed by atoms with Crippen LogP contribution in [-0.2, 0) is 0 Å². The van der Waals surface area contributed by atoms with Crippen LogP contribution in [0.25, 0.3) is 71.2 Å². The molecular weight excluding hydrogens is 661 g/mol. The number of fused-ring (bicyclic) bond motifs is 14. The standard InChI is InChI=1S/C50H31N2O2/c1-3-12-32(13-4-1)48-38-22-20-34(29-43(38)52-41-17-9-7-11-31(41)19-26-42(48)52)51(33-14-5-2-6-15-33)35-21-23-40-47(30-35)54-46-28-25-36-37(50(40)46)24-27-45-49(36)39-16-8-10-18-44(39)53-45/h1-30,48H/q+1. The van der Waals surface area contributed by atoms with Crippen molar-refractivity contribution in [2.24, 2.45) is 0 Å². The van der Waals surface area contributed by atoms with E-state index in [-0.39, 0.29) is 5.92 Å². The molecule has 1 aliphatic rings. The van der Waals surface area contributed by atoms with E-state index >= 15 is 0 Å². The Morgan fingerprint density at radius 2 is 1.06 bits per heavy atom. The van der Waals surface area contributed by atoms with Crippen LogP contribution in [0.5, 0.6) is 0 Å². The van der Waals surface area contributed by atoms with Crippen LogP contribution in [0.1, 0.15) is 22.7 Å². The van der Waals surface area contributed by atoms with E-state index in [0.29, 0.717) is 0 Å². The first kappa shape index (κ1) is 29.4. The van der Waals surface area contributed by atoms with Crippen molar-refractivity contribution in [1.29, 1.82) is 0 Å². The minimum absolute atomic E-state index is 0.132. The number of anilines is 3. The Balaban J connectivity index is 1.06. The van der Waals surface area contributed by atoms with Crippen molar-refractivity contribution in [1.82, 2.24) is 0 Å². The highest BCUT2D eigenvalue weighted by Gasteiger charge is 2.40. The van der Waals surface area contributed by atoms with E-state index in [0.717, 1.165) is 66.3 Å². The Morgan fingerprint density at radius 1 is 0.426 bits per heavy atom. The SMILES string of the molecule is c1ccc(C2c3ccc(N(c4ccccc4)c4ccc5c(c4)oc4ccc6c(ccc7oc8ccccc8c76)c45)cc3-[n+]3c2ccc2ccccc23)cc1. The van der Waals surface area contributed by atoms with Gasteiger partial charge in [-0.1, -0.05) is 78.9 Å². The first-order chi connectivity index (χ1) is 26.8. The lowest BCUT2D eigenvalue weighted by atomic mass is 9.90. The number of rotatable bonds is 4. The molecule has 11 aromatic rings. The van der Waals surface area contributed by atoms with Gasteiger partial charge < -0.3 is 13.7 Å². The van der Waals surface area contributed by atoms with Crippen LogP contribution in [0.4, 0.5) is 17.1 Å². The highest BCUT2D eigenvalue weighted by atomic mass is 16.3. The van der Waals surface area contributed by atoms with Crippen molar-refractivity contribution in [3.8, 4) is 5.69 Å². The van der Waals surface area contributed by atoms with Gasteiger partial charge in [0.05, 0.1) is 5.69 Å². The van der Waals surface area contributed by atoms with E-state index in [4.69, 9.17) is 8.83 Å². The van der Waals surface area contributed by atoms with Crippen molar-refractivity contribution < 1.29 is 13.4 Å². The molecule has 8 aromatic carbocycles. The van der Waals surface area contributed by atoms with E-state index < -0.39 is 0 Å². The first-order valence-corrected chi connectivity index (χ1v) is 18.5. The molecule has 0 saturated heterocycles. The van der Waals surface area contributed by atoms with Crippen LogP contribution in [0.15, 0.2) is 191 Å². The normalized spacial score (nSPS) is 13.7. The number of hydrogen-bond acceptors (Lipinski definition) is 3. The van der Waals surface area contributed by atoms with E-state index in [1.54, 1.807) is 0 Å². The van der Waals surface area contributed by atoms with E-state index in [9.17, 15) is 0 Å². The Morgan fingerprint density at radius 3 is 1.87 bits per heavy atom.